The average molecular weight is 232 g/mol. The van der Waals surface area contributed by atoms with Gasteiger partial charge in [0.05, 0.1) is 6.67 Å². The largest absolute Gasteiger partial charge is 0.500 e. The molecule has 15 heavy (non-hydrogen) atoms. The van der Waals surface area contributed by atoms with Gasteiger partial charge in [0, 0.05) is 46.3 Å². The third kappa shape index (κ3) is 3.49. The van der Waals surface area contributed by atoms with Crippen molar-refractivity contribution in [3.63, 3.8) is 0 Å². The SMILES string of the molecule is CO[Si](CCCN1C=CNC1)(OC)OC. The third-order valence-electron chi connectivity index (χ3n) is 2.56. The minimum atomic E-state index is -2.36. The Kier molecular flexibility index (Phi) is 5.10. The Labute approximate surface area is 92.4 Å². The van der Waals surface area contributed by atoms with Crippen molar-refractivity contribution in [1.82, 2.24) is 10.2 Å². The molecule has 0 unspecified atom stereocenters. The predicted molar refractivity (Wildman–Crippen MR) is 60.1 cm³/mol. The molecule has 0 atom stereocenters. The highest BCUT2D eigenvalue weighted by atomic mass is 28.4. The van der Waals surface area contributed by atoms with Gasteiger partial charge in [-0.25, -0.2) is 0 Å². The summed E-state index contributed by atoms with van der Waals surface area (Å²) in [6, 6.07) is 0.848. The van der Waals surface area contributed by atoms with Crippen molar-refractivity contribution < 1.29 is 13.3 Å². The topological polar surface area (TPSA) is 43.0 Å². The fourth-order valence-corrected chi connectivity index (χ4v) is 3.29. The van der Waals surface area contributed by atoms with Gasteiger partial charge in [-0.1, -0.05) is 0 Å². The Morgan fingerprint density at radius 2 is 1.93 bits per heavy atom. The second-order valence-corrected chi connectivity index (χ2v) is 6.48. The molecule has 1 aliphatic heterocycles. The van der Waals surface area contributed by atoms with E-state index in [1.165, 1.54) is 0 Å². The maximum absolute atomic E-state index is 5.34. The summed E-state index contributed by atoms with van der Waals surface area (Å²) >= 11 is 0. The third-order valence-corrected chi connectivity index (χ3v) is 5.39. The Hall–Kier alpha value is -0.563. The van der Waals surface area contributed by atoms with Crippen molar-refractivity contribution in [2.45, 2.75) is 12.5 Å². The van der Waals surface area contributed by atoms with Crippen molar-refractivity contribution in [3.05, 3.63) is 12.4 Å². The summed E-state index contributed by atoms with van der Waals surface area (Å²) in [5.41, 5.74) is 0. The van der Waals surface area contributed by atoms with Crippen molar-refractivity contribution in [3.8, 4) is 0 Å². The van der Waals surface area contributed by atoms with E-state index in [0.717, 1.165) is 25.7 Å². The van der Waals surface area contributed by atoms with Crippen LogP contribution in [0.15, 0.2) is 12.4 Å². The lowest BCUT2D eigenvalue weighted by Gasteiger charge is -2.25. The van der Waals surface area contributed by atoms with Gasteiger partial charge < -0.3 is 23.5 Å². The quantitative estimate of drug-likeness (QED) is 0.651. The number of rotatable bonds is 7. The first-order valence-electron chi connectivity index (χ1n) is 5.06. The second kappa shape index (κ2) is 6.11. The van der Waals surface area contributed by atoms with Crippen LogP contribution in [0.4, 0.5) is 0 Å². The second-order valence-electron chi connectivity index (χ2n) is 3.39. The first-order chi connectivity index (χ1) is 7.26. The van der Waals surface area contributed by atoms with Crippen LogP contribution in [0, 0.1) is 0 Å². The number of nitrogens with zero attached hydrogens (tertiary/aromatic N) is 1. The molecule has 0 amide bonds. The maximum atomic E-state index is 5.34. The van der Waals surface area contributed by atoms with Crippen LogP contribution in [0.5, 0.6) is 0 Å². The first-order valence-corrected chi connectivity index (χ1v) is 6.99. The van der Waals surface area contributed by atoms with Crippen LogP contribution in [0.25, 0.3) is 0 Å². The summed E-state index contributed by atoms with van der Waals surface area (Å²) in [6.45, 7) is 1.88. The van der Waals surface area contributed by atoms with Crippen LogP contribution in [0.3, 0.4) is 0 Å². The maximum Gasteiger partial charge on any atom is 0.500 e. The molecule has 5 nitrogen and oxygen atoms in total. The molecular formula is C9H20N2O3Si. The molecule has 0 spiro atoms. The summed E-state index contributed by atoms with van der Waals surface area (Å²) in [5.74, 6) is 0. The molecule has 6 heteroatoms. The van der Waals surface area contributed by atoms with Crippen LogP contribution >= 0.6 is 0 Å². The Balaban J connectivity index is 2.24. The van der Waals surface area contributed by atoms with Crippen LogP contribution < -0.4 is 5.32 Å². The number of hydrogen-bond acceptors (Lipinski definition) is 5. The summed E-state index contributed by atoms with van der Waals surface area (Å²) < 4.78 is 16.0. The minimum Gasteiger partial charge on any atom is -0.377 e. The Morgan fingerprint density at radius 3 is 2.40 bits per heavy atom. The smallest absolute Gasteiger partial charge is 0.377 e. The van der Waals surface area contributed by atoms with Crippen LogP contribution in [0.2, 0.25) is 6.04 Å². The average Bonchev–Trinajstić information content (AvgIpc) is 2.78. The normalized spacial score (nSPS) is 15.8. The number of hydrogen-bond donors (Lipinski definition) is 1. The van der Waals surface area contributed by atoms with Crippen LogP contribution in [-0.4, -0.2) is 48.2 Å². The molecule has 88 valence electrons. The van der Waals surface area contributed by atoms with Gasteiger partial charge in [0.1, 0.15) is 0 Å². The highest BCUT2D eigenvalue weighted by Gasteiger charge is 2.36. The minimum absolute atomic E-state index is 0.848. The van der Waals surface area contributed by atoms with E-state index in [4.69, 9.17) is 13.3 Å². The van der Waals surface area contributed by atoms with E-state index >= 15 is 0 Å². The zero-order chi connectivity index (χ0) is 11.1. The van der Waals surface area contributed by atoms with E-state index in [9.17, 15) is 0 Å². The summed E-state index contributed by atoms with van der Waals surface area (Å²) in [7, 11) is 2.59. The standard InChI is InChI=1S/C9H20N2O3Si/c1-12-15(13-2,14-3)8-4-6-11-7-5-10-9-11/h5,7,10H,4,6,8-9H2,1-3H3. The highest BCUT2D eigenvalue weighted by molar-refractivity contribution is 6.60. The lowest BCUT2D eigenvalue weighted by atomic mass is 10.4. The van der Waals surface area contributed by atoms with Crippen molar-refractivity contribution in [1.29, 1.82) is 0 Å². The fraction of sp³-hybridized carbons (Fsp3) is 0.778. The molecule has 0 aliphatic carbocycles. The van der Waals surface area contributed by atoms with E-state index in [1.807, 2.05) is 6.20 Å². The van der Waals surface area contributed by atoms with Gasteiger partial charge in [-0.05, 0) is 6.42 Å². The summed E-state index contributed by atoms with van der Waals surface area (Å²) in [6.07, 6.45) is 5.01. The van der Waals surface area contributed by atoms with E-state index in [-0.39, 0.29) is 0 Å². The van der Waals surface area contributed by atoms with Gasteiger partial charge in [-0.15, -0.1) is 0 Å². The molecule has 0 radical (unpaired) electrons. The van der Waals surface area contributed by atoms with Crippen molar-refractivity contribution >= 4 is 8.80 Å². The molecular weight excluding hydrogens is 212 g/mol. The molecule has 0 aromatic rings. The Bertz CT molecular complexity index is 201. The monoisotopic (exact) mass is 232 g/mol. The van der Waals surface area contributed by atoms with Gasteiger partial charge in [0.2, 0.25) is 0 Å². The number of nitrogens with one attached hydrogen (secondary N) is 1. The zero-order valence-corrected chi connectivity index (χ0v) is 10.7. The first kappa shape index (κ1) is 12.5. The highest BCUT2D eigenvalue weighted by Crippen LogP contribution is 2.15. The van der Waals surface area contributed by atoms with Gasteiger partial charge in [0.25, 0.3) is 0 Å². The summed E-state index contributed by atoms with van der Waals surface area (Å²) in [5, 5.41) is 3.12. The molecule has 0 saturated carbocycles. The van der Waals surface area contributed by atoms with Gasteiger partial charge in [-0.3, -0.25) is 0 Å². The molecule has 0 saturated heterocycles. The Morgan fingerprint density at radius 1 is 1.27 bits per heavy atom. The zero-order valence-electron chi connectivity index (χ0n) is 9.66. The predicted octanol–water partition coefficient (Wildman–Crippen LogP) is 0.588. The molecule has 1 aliphatic rings. The summed E-state index contributed by atoms with van der Waals surface area (Å²) in [4.78, 5) is 2.21. The van der Waals surface area contributed by atoms with E-state index < -0.39 is 8.80 Å². The van der Waals surface area contributed by atoms with E-state index in [2.05, 4.69) is 16.4 Å². The van der Waals surface area contributed by atoms with Gasteiger partial charge in [-0.2, -0.15) is 0 Å². The lowest BCUT2D eigenvalue weighted by Crippen LogP contribution is -2.43. The molecule has 1 heterocycles. The van der Waals surface area contributed by atoms with Crippen LogP contribution in [0.1, 0.15) is 6.42 Å². The van der Waals surface area contributed by atoms with Crippen LogP contribution in [-0.2, 0) is 13.3 Å². The van der Waals surface area contributed by atoms with E-state index in [0.29, 0.717) is 0 Å². The lowest BCUT2D eigenvalue weighted by molar-refractivity contribution is 0.122. The van der Waals surface area contributed by atoms with Gasteiger partial charge in [0.15, 0.2) is 0 Å². The molecule has 1 rings (SSSR count). The fourth-order valence-electron chi connectivity index (χ4n) is 1.59. The van der Waals surface area contributed by atoms with Gasteiger partial charge >= 0.3 is 8.80 Å². The van der Waals surface area contributed by atoms with E-state index in [1.54, 1.807) is 21.3 Å². The molecule has 0 fully saturated rings. The molecule has 0 aromatic heterocycles. The molecule has 0 aromatic carbocycles. The molecule has 0 bridgehead atoms. The van der Waals surface area contributed by atoms with Crippen molar-refractivity contribution in [2.24, 2.45) is 0 Å². The molecule has 1 N–H and O–H groups in total. The van der Waals surface area contributed by atoms with Crippen molar-refractivity contribution in [2.75, 3.05) is 34.5 Å².